The maximum absolute atomic E-state index is 6.49. The predicted molar refractivity (Wildman–Crippen MR) is 149 cm³/mol. The summed E-state index contributed by atoms with van der Waals surface area (Å²) in [5.41, 5.74) is 3.32. The smallest absolute Gasteiger partial charge is 0.163 e. The average molecular weight is 513 g/mol. The van der Waals surface area contributed by atoms with Crippen LogP contribution in [0.1, 0.15) is 51.1 Å². The SMILES string of the molecule is CNc1ncnc2c1ccn2[C@@H]1C[C@H](CCc2ccc3ccc(NCC4CC4)nc3c2)[C@H]2OC(C)(C)O[C@H]21. The van der Waals surface area contributed by atoms with Crippen LogP contribution in [0.2, 0.25) is 0 Å². The quantitative estimate of drug-likeness (QED) is 0.320. The summed E-state index contributed by atoms with van der Waals surface area (Å²) in [4.78, 5) is 13.9. The molecule has 1 aliphatic heterocycles. The number of pyridine rings is 1. The van der Waals surface area contributed by atoms with Gasteiger partial charge in [0.25, 0.3) is 0 Å². The summed E-state index contributed by atoms with van der Waals surface area (Å²) >= 11 is 0. The summed E-state index contributed by atoms with van der Waals surface area (Å²) in [5, 5.41) is 8.90. The molecule has 4 atom stereocenters. The second-order valence-electron chi connectivity index (χ2n) is 11.6. The van der Waals surface area contributed by atoms with Crippen molar-refractivity contribution >= 4 is 33.6 Å². The molecule has 0 radical (unpaired) electrons. The maximum atomic E-state index is 6.49. The van der Waals surface area contributed by atoms with Gasteiger partial charge in [0.1, 0.15) is 29.7 Å². The van der Waals surface area contributed by atoms with Crippen molar-refractivity contribution in [2.24, 2.45) is 11.8 Å². The Morgan fingerprint density at radius 2 is 1.89 bits per heavy atom. The lowest BCUT2D eigenvalue weighted by atomic mass is 9.95. The van der Waals surface area contributed by atoms with Crippen LogP contribution in [0.3, 0.4) is 0 Å². The molecule has 8 nitrogen and oxygen atoms in total. The van der Waals surface area contributed by atoms with E-state index in [1.165, 1.54) is 23.8 Å². The zero-order chi connectivity index (χ0) is 25.9. The molecule has 2 saturated carbocycles. The minimum absolute atomic E-state index is 0.00280. The van der Waals surface area contributed by atoms with Crippen molar-refractivity contribution in [1.29, 1.82) is 0 Å². The van der Waals surface area contributed by atoms with E-state index < -0.39 is 5.79 Å². The van der Waals surface area contributed by atoms with Gasteiger partial charge in [-0.1, -0.05) is 12.1 Å². The molecule has 2 N–H and O–H groups in total. The van der Waals surface area contributed by atoms with E-state index in [1.54, 1.807) is 6.33 Å². The molecular weight excluding hydrogens is 476 g/mol. The Morgan fingerprint density at radius 3 is 2.74 bits per heavy atom. The van der Waals surface area contributed by atoms with Crippen molar-refractivity contribution in [3.8, 4) is 0 Å². The van der Waals surface area contributed by atoms with Crippen LogP contribution in [0, 0.1) is 11.8 Å². The van der Waals surface area contributed by atoms with Gasteiger partial charge in [-0.3, -0.25) is 0 Å². The molecule has 4 heterocycles. The Kier molecular flexibility index (Phi) is 5.78. The van der Waals surface area contributed by atoms with Gasteiger partial charge < -0.3 is 24.7 Å². The van der Waals surface area contributed by atoms with Crippen LogP contribution in [-0.4, -0.2) is 51.1 Å². The van der Waals surface area contributed by atoms with Gasteiger partial charge >= 0.3 is 0 Å². The first-order valence-electron chi connectivity index (χ1n) is 14.0. The van der Waals surface area contributed by atoms with Crippen LogP contribution in [0.5, 0.6) is 0 Å². The number of benzene rings is 1. The zero-order valence-electron chi connectivity index (χ0n) is 22.4. The van der Waals surface area contributed by atoms with E-state index in [-0.39, 0.29) is 18.2 Å². The number of ether oxygens (including phenoxy) is 2. The van der Waals surface area contributed by atoms with Crippen molar-refractivity contribution in [2.75, 3.05) is 24.2 Å². The molecule has 1 saturated heterocycles. The summed E-state index contributed by atoms with van der Waals surface area (Å²) in [6, 6.07) is 13.2. The van der Waals surface area contributed by atoms with E-state index in [2.05, 4.69) is 67.8 Å². The number of aromatic nitrogens is 4. The monoisotopic (exact) mass is 512 g/mol. The van der Waals surface area contributed by atoms with E-state index in [0.717, 1.165) is 59.9 Å². The third-order valence-electron chi connectivity index (χ3n) is 8.48. The highest BCUT2D eigenvalue weighted by Gasteiger charge is 2.54. The number of hydrogen-bond acceptors (Lipinski definition) is 7. The topological polar surface area (TPSA) is 86.1 Å². The summed E-state index contributed by atoms with van der Waals surface area (Å²) < 4.78 is 15.3. The molecule has 7 rings (SSSR count). The highest BCUT2D eigenvalue weighted by Crippen LogP contribution is 2.49. The van der Waals surface area contributed by atoms with E-state index >= 15 is 0 Å². The lowest BCUT2D eigenvalue weighted by Crippen LogP contribution is -2.27. The van der Waals surface area contributed by atoms with E-state index in [0.29, 0.717) is 5.92 Å². The third kappa shape index (κ3) is 4.39. The van der Waals surface area contributed by atoms with Crippen LogP contribution in [0.15, 0.2) is 48.9 Å². The van der Waals surface area contributed by atoms with Crippen molar-refractivity contribution < 1.29 is 9.47 Å². The Hall–Kier alpha value is -3.23. The van der Waals surface area contributed by atoms with Crippen LogP contribution in [-0.2, 0) is 15.9 Å². The fraction of sp³-hybridized carbons (Fsp3) is 0.500. The van der Waals surface area contributed by atoms with Gasteiger partial charge in [-0.05, 0) is 87.6 Å². The third-order valence-corrected chi connectivity index (χ3v) is 8.48. The zero-order valence-corrected chi connectivity index (χ0v) is 22.4. The number of aryl methyl sites for hydroxylation is 1. The molecule has 4 aromatic rings. The second-order valence-corrected chi connectivity index (χ2v) is 11.6. The lowest BCUT2D eigenvalue weighted by molar-refractivity contribution is -0.160. The molecule has 198 valence electrons. The normalized spacial score (nSPS) is 26.2. The van der Waals surface area contributed by atoms with Crippen LogP contribution < -0.4 is 10.6 Å². The Bertz CT molecular complexity index is 1480. The number of nitrogens with one attached hydrogen (secondary N) is 2. The molecule has 0 amide bonds. The summed E-state index contributed by atoms with van der Waals surface area (Å²) in [6.45, 7) is 5.08. The highest BCUT2D eigenvalue weighted by atomic mass is 16.8. The molecule has 0 bridgehead atoms. The van der Waals surface area contributed by atoms with Crippen LogP contribution in [0.25, 0.3) is 21.9 Å². The predicted octanol–water partition coefficient (Wildman–Crippen LogP) is 5.56. The number of rotatable bonds is 8. The van der Waals surface area contributed by atoms with E-state index in [1.807, 2.05) is 20.9 Å². The van der Waals surface area contributed by atoms with Gasteiger partial charge in [0.05, 0.1) is 23.0 Å². The fourth-order valence-electron chi connectivity index (χ4n) is 6.39. The van der Waals surface area contributed by atoms with Gasteiger partial charge in [-0.15, -0.1) is 0 Å². The van der Waals surface area contributed by atoms with Gasteiger partial charge in [-0.2, -0.15) is 0 Å². The first-order chi connectivity index (χ1) is 18.5. The number of hydrogen-bond donors (Lipinski definition) is 2. The number of anilines is 2. The second kappa shape index (κ2) is 9.20. The highest BCUT2D eigenvalue weighted by molar-refractivity contribution is 5.87. The molecule has 2 aliphatic carbocycles. The summed E-state index contributed by atoms with van der Waals surface area (Å²) in [7, 11) is 1.89. The molecule has 3 aromatic heterocycles. The van der Waals surface area contributed by atoms with Crippen molar-refractivity contribution in [3.05, 3.63) is 54.5 Å². The Labute approximate surface area is 223 Å². The Morgan fingerprint density at radius 1 is 1.05 bits per heavy atom. The molecule has 3 aliphatic rings. The van der Waals surface area contributed by atoms with Crippen LogP contribution >= 0.6 is 0 Å². The molecule has 0 unspecified atom stereocenters. The Balaban J connectivity index is 1.11. The summed E-state index contributed by atoms with van der Waals surface area (Å²) in [6.07, 6.45) is 9.52. The van der Waals surface area contributed by atoms with Crippen molar-refractivity contribution in [3.63, 3.8) is 0 Å². The van der Waals surface area contributed by atoms with E-state index in [9.17, 15) is 0 Å². The van der Waals surface area contributed by atoms with Gasteiger partial charge in [-0.25, -0.2) is 15.0 Å². The molecule has 38 heavy (non-hydrogen) atoms. The van der Waals surface area contributed by atoms with Gasteiger partial charge in [0.2, 0.25) is 0 Å². The van der Waals surface area contributed by atoms with Gasteiger partial charge in [0.15, 0.2) is 5.79 Å². The van der Waals surface area contributed by atoms with Crippen molar-refractivity contribution in [1.82, 2.24) is 19.5 Å². The van der Waals surface area contributed by atoms with Crippen LogP contribution in [0.4, 0.5) is 11.6 Å². The number of nitrogens with zero attached hydrogens (tertiary/aromatic N) is 4. The lowest BCUT2D eigenvalue weighted by Gasteiger charge is -2.24. The molecular formula is C30H36N6O2. The first-order valence-corrected chi connectivity index (χ1v) is 14.0. The first kappa shape index (κ1) is 23.9. The summed E-state index contributed by atoms with van der Waals surface area (Å²) in [5.74, 6) is 2.46. The van der Waals surface area contributed by atoms with Gasteiger partial charge in [0, 0.05) is 25.2 Å². The molecule has 1 aromatic carbocycles. The standard InChI is InChI=1S/C30H36N6O2/c1-30(2)37-26-21(15-24(27(26)38-30)36-13-12-22-28(31-3)33-17-34-29(22)36)9-7-18-6-8-20-10-11-25(35-23(20)14-18)32-16-19-4-5-19/h6,8,10-14,17,19,21,24,26-27H,4-5,7,9,15-16H2,1-3H3,(H,32,35)(H,31,33,34)/t21-,24+,26+,27-/m0/s1. The fourth-order valence-corrected chi connectivity index (χ4v) is 6.39. The number of fused-ring (bicyclic) bond motifs is 3. The largest absolute Gasteiger partial charge is 0.372 e. The van der Waals surface area contributed by atoms with Crippen molar-refractivity contribution in [2.45, 2.75) is 70.0 Å². The molecule has 8 heteroatoms. The minimum atomic E-state index is -0.586. The average Bonchev–Trinajstić information content (AvgIpc) is 3.45. The maximum Gasteiger partial charge on any atom is 0.163 e. The van der Waals surface area contributed by atoms with E-state index in [4.69, 9.17) is 14.5 Å². The molecule has 0 spiro atoms. The minimum Gasteiger partial charge on any atom is -0.372 e. The molecule has 3 fully saturated rings.